The minimum Gasteiger partial charge on any atom is -0.379 e. The average molecular weight is 349 g/mol. The van der Waals surface area contributed by atoms with Crippen LogP contribution in [-0.2, 0) is 14.9 Å². The van der Waals surface area contributed by atoms with E-state index >= 15 is 0 Å². The molecule has 1 aliphatic carbocycles. The maximum atomic E-state index is 13.5. The lowest BCUT2D eigenvalue weighted by Crippen LogP contribution is -2.54. The van der Waals surface area contributed by atoms with E-state index in [2.05, 4.69) is 16.8 Å². The maximum Gasteiger partial charge on any atom is 0.233 e. The van der Waals surface area contributed by atoms with Crippen molar-refractivity contribution in [3.63, 3.8) is 0 Å². The van der Waals surface area contributed by atoms with E-state index in [-0.39, 0.29) is 5.41 Å². The first-order valence-corrected chi connectivity index (χ1v) is 9.30. The van der Waals surface area contributed by atoms with Gasteiger partial charge in [0.2, 0.25) is 5.91 Å². The highest BCUT2D eigenvalue weighted by Gasteiger charge is 2.49. The third-order valence-electron chi connectivity index (χ3n) is 6.04. The average Bonchev–Trinajstić information content (AvgIpc) is 2.76. The van der Waals surface area contributed by atoms with Gasteiger partial charge in [0.05, 0.1) is 24.7 Å². The highest BCUT2D eigenvalue weighted by Crippen LogP contribution is 2.45. The smallest absolute Gasteiger partial charge is 0.233 e. The quantitative estimate of drug-likeness (QED) is 0.823. The molecule has 2 aliphatic heterocycles. The van der Waals surface area contributed by atoms with Gasteiger partial charge in [0.1, 0.15) is 0 Å². The Morgan fingerprint density at radius 1 is 1.17 bits per heavy atom. The Morgan fingerprint density at radius 3 is 2.58 bits per heavy atom. The van der Waals surface area contributed by atoms with Gasteiger partial charge in [-0.1, -0.05) is 30.2 Å². The van der Waals surface area contributed by atoms with Gasteiger partial charge < -0.3 is 9.64 Å². The summed E-state index contributed by atoms with van der Waals surface area (Å²) in [6, 6.07) is 8.19. The Balaban J connectivity index is 1.61. The summed E-state index contributed by atoms with van der Waals surface area (Å²) in [6.45, 7) is 4.10. The number of hydrogen-bond acceptors (Lipinski definition) is 3. The zero-order valence-electron chi connectivity index (χ0n) is 14.2. The third-order valence-corrected chi connectivity index (χ3v) is 6.30. The van der Waals surface area contributed by atoms with Crippen LogP contribution in [0.4, 0.5) is 0 Å². The number of halogens is 1. The number of carbonyl (C=O) groups is 1. The monoisotopic (exact) mass is 348 g/mol. The number of ether oxygens (including phenoxy) is 1. The Hall–Kier alpha value is -1.10. The zero-order chi connectivity index (χ0) is 16.7. The highest BCUT2D eigenvalue weighted by molar-refractivity contribution is 6.30. The van der Waals surface area contributed by atoms with Crippen molar-refractivity contribution in [1.82, 2.24) is 9.80 Å². The van der Waals surface area contributed by atoms with Crippen LogP contribution in [0, 0.1) is 5.92 Å². The molecule has 1 aromatic carbocycles. The number of nitrogens with zero attached hydrogens (tertiary/aromatic N) is 2. The van der Waals surface area contributed by atoms with Gasteiger partial charge >= 0.3 is 0 Å². The van der Waals surface area contributed by atoms with Crippen molar-refractivity contribution in [2.45, 2.75) is 30.7 Å². The topological polar surface area (TPSA) is 32.8 Å². The van der Waals surface area contributed by atoms with Gasteiger partial charge in [0.15, 0.2) is 0 Å². The van der Waals surface area contributed by atoms with Crippen LogP contribution in [0.3, 0.4) is 0 Å². The van der Waals surface area contributed by atoms with Crippen LogP contribution < -0.4 is 0 Å². The second kappa shape index (κ2) is 6.32. The predicted molar refractivity (Wildman–Crippen MR) is 94.3 cm³/mol. The molecule has 1 saturated carbocycles. The summed E-state index contributed by atoms with van der Waals surface area (Å²) in [5, 5.41) is 0.726. The van der Waals surface area contributed by atoms with Crippen molar-refractivity contribution < 1.29 is 9.53 Å². The molecule has 5 heteroatoms. The van der Waals surface area contributed by atoms with Gasteiger partial charge in [-0.15, -0.1) is 0 Å². The Bertz CT molecular complexity index is 614. The lowest BCUT2D eigenvalue weighted by atomic mass is 9.63. The van der Waals surface area contributed by atoms with Crippen molar-refractivity contribution in [1.29, 1.82) is 0 Å². The summed E-state index contributed by atoms with van der Waals surface area (Å²) < 4.78 is 5.79. The molecule has 4 nitrogen and oxygen atoms in total. The fourth-order valence-corrected chi connectivity index (χ4v) is 4.57. The van der Waals surface area contributed by atoms with Crippen LogP contribution in [-0.4, -0.2) is 61.6 Å². The first kappa shape index (κ1) is 16.4. The SMILES string of the molecule is CN1C[C@H]2COC[C@@H]1CN(C(=O)C1(c3ccc(Cl)cc3)CCC1)C2. The number of rotatable bonds is 2. The van der Waals surface area contributed by atoms with Crippen molar-refractivity contribution >= 4 is 17.5 Å². The second-order valence-electron chi connectivity index (χ2n) is 7.65. The molecule has 0 radical (unpaired) electrons. The van der Waals surface area contributed by atoms with E-state index in [1.807, 2.05) is 24.3 Å². The predicted octanol–water partition coefficient (Wildman–Crippen LogP) is 2.55. The lowest BCUT2D eigenvalue weighted by molar-refractivity contribution is -0.142. The van der Waals surface area contributed by atoms with Gasteiger partial charge in [0.25, 0.3) is 0 Å². The number of amides is 1. The largest absolute Gasteiger partial charge is 0.379 e. The molecular weight excluding hydrogens is 324 g/mol. The molecule has 0 aromatic heterocycles. The lowest BCUT2D eigenvalue weighted by Gasteiger charge is -2.45. The third kappa shape index (κ3) is 2.75. The number of hydrogen-bond donors (Lipinski definition) is 0. The molecular formula is C19H25ClN2O2. The fraction of sp³-hybridized carbons (Fsp3) is 0.632. The van der Waals surface area contributed by atoms with Crippen LogP contribution in [0.25, 0.3) is 0 Å². The molecule has 3 aliphatic rings. The summed E-state index contributed by atoms with van der Waals surface area (Å²) in [5.41, 5.74) is 0.796. The van der Waals surface area contributed by atoms with E-state index in [0.717, 1.165) is 62.7 Å². The molecule has 0 spiro atoms. The summed E-state index contributed by atoms with van der Waals surface area (Å²) in [5.74, 6) is 0.720. The highest BCUT2D eigenvalue weighted by atomic mass is 35.5. The molecule has 1 amide bonds. The minimum absolute atomic E-state index is 0.309. The first-order valence-electron chi connectivity index (χ1n) is 8.92. The van der Waals surface area contributed by atoms with E-state index in [1.54, 1.807) is 0 Å². The Labute approximate surface area is 148 Å². The fourth-order valence-electron chi connectivity index (χ4n) is 4.44. The molecule has 2 saturated heterocycles. The van der Waals surface area contributed by atoms with E-state index in [9.17, 15) is 4.79 Å². The summed E-state index contributed by atoms with van der Waals surface area (Å²) in [7, 11) is 2.15. The van der Waals surface area contributed by atoms with Crippen molar-refractivity contribution in [3.8, 4) is 0 Å². The molecule has 0 N–H and O–H groups in total. The molecule has 2 bridgehead atoms. The Kier molecular flexibility index (Phi) is 4.31. The number of likely N-dealkylation sites (N-methyl/N-ethyl adjacent to an activating group) is 1. The number of fused-ring (bicyclic) bond motifs is 3. The van der Waals surface area contributed by atoms with Gasteiger partial charge in [0, 0.05) is 30.6 Å². The standard InChI is InChI=1S/C19H25ClN2O2/c1-21-9-14-10-22(11-17(21)13-24-12-14)18(23)19(7-2-8-19)15-3-5-16(20)6-4-15/h3-6,14,17H,2,7-13H2,1H3/t14-,17+/m1/s1. The zero-order valence-corrected chi connectivity index (χ0v) is 15.0. The number of carbonyl (C=O) groups excluding carboxylic acids is 1. The van der Waals surface area contributed by atoms with E-state index < -0.39 is 0 Å². The second-order valence-corrected chi connectivity index (χ2v) is 8.09. The maximum absolute atomic E-state index is 13.5. The Morgan fingerprint density at radius 2 is 1.92 bits per heavy atom. The van der Waals surface area contributed by atoms with Gasteiger partial charge in [-0.05, 0) is 37.6 Å². The summed E-state index contributed by atoms with van der Waals surface area (Å²) in [6.07, 6.45) is 3.02. The van der Waals surface area contributed by atoms with Crippen LogP contribution in [0.5, 0.6) is 0 Å². The minimum atomic E-state index is -0.331. The van der Waals surface area contributed by atoms with Crippen molar-refractivity contribution in [3.05, 3.63) is 34.9 Å². The summed E-state index contributed by atoms with van der Waals surface area (Å²) in [4.78, 5) is 18.0. The van der Waals surface area contributed by atoms with Gasteiger partial charge in [-0.2, -0.15) is 0 Å². The molecule has 3 fully saturated rings. The first-order chi connectivity index (χ1) is 11.6. The molecule has 2 heterocycles. The van der Waals surface area contributed by atoms with Crippen LogP contribution in [0.1, 0.15) is 24.8 Å². The van der Waals surface area contributed by atoms with Crippen molar-refractivity contribution in [2.24, 2.45) is 5.92 Å². The van der Waals surface area contributed by atoms with E-state index in [1.165, 1.54) is 0 Å². The van der Waals surface area contributed by atoms with Crippen LogP contribution in [0.2, 0.25) is 5.02 Å². The summed E-state index contributed by atoms with van der Waals surface area (Å²) >= 11 is 6.04. The van der Waals surface area contributed by atoms with Gasteiger partial charge in [-0.25, -0.2) is 0 Å². The molecule has 24 heavy (non-hydrogen) atoms. The molecule has 1 aromatic rings. The normalized spacial score (nSPS) is 29.7. The van der Waals surface area contributed by atoms with Crippen LogP contribution >= 0.6 is 11.6 Å². The van der Waals surface area contributed by atoms with E-state index in [4.69, 9.17) is 16.3 Å². The van der Waals surface area contributed by atoms with Crippen LogP contribution in [0.15, 0.2) is 24.3 Å². The van der Waals surface area contributed by atoms with Crippen molar-refractivity contribution in [2.75, 3.05) is 39.9 Å². The van der Waals surface area contributed by atoms with Gasteiger partial charge in [-0.3, -0.25) is 9.69 Å². The molecule has 4 rings (SSSR count). The molecule has 0 unspecified atom stereocenters. The molecule has 130 valence electrons. The molecule has 2 atom stereocenters. The number of benzene rings is 1. The van der Waals surface area contributed by atoms with E-state index in [0.29, 0.717) is 17.9 Å².